The van der Waals surface area contributed by atoms with E-state index >= 15 is 0 Å². The summed E-state index contributed by atoms with van der Waals surface area (Å²) in [4.78, 5) is 14.5. The van der Waals surface area contributed by atoms with Gasteiger partial charge in [-0.2, -0.15) is 0 Å². The highest BCUT2D eigenvalue weighted by Crippen LogP contribution is 2.36. The Kier molecular flexibility index (Phi) is 5.43. The first kappa shape index (κ1) is 17.1. The molecule has 0 saturated carbocycles. The SMILES string of the molecule is COc1ccc([C@H]2CCCN2C(=O)COc2ccccc2)cc1OC. The summed E-state index contributed by atoms with van der Waals surface area (Å²) < 4.78 is 16.3. The third kappa shape index (κ3) is 3.87. The second-order valence-electron chi connectivity index (χ2n) is 5.96. The van der Waals surface area contributed by atoms with E-state index in [9.17, 15) is 4.79 Å². The van der Waals surface area contributed by atoms with Gasteiger partial charge in [0.25, 0.3) is 5.91 Å². The van der Waals surface area contributed by atoms with Crippen molar-refractivity contribution in [2.45, 2.75) is 18.9 Å². The summed E-state index contributed by atoms with van der Waals surface area (Å²) >= 11 is 0. The fraction of sp³-hybridized carbons (Fsp3) is 0.350. The van der Waals surface area contributed by atoms with Crippen molar-refractivity contribution in [3.63, 3.8) is 0 Å². The molecular weight excluding hydrogens is 318 g/mol. The molecule has 1 heterocycles. The minimum atomic E-state index is 0.00105. The van der Waals surface area contributed by atoms with Crippen molar-refractivity contribution in [2.75, 3.05) is 27.4 Å². The Balaban J connectivity index is 1.70. The molecule has 3 rings (SSSR count). The number of para-hydroxylation sites is 1. The van der Waals surface area contributed by atoms with Crippen LogP contribution in [0.25, 0.3) is 0 Å². The van der Waals surface area contributed by atoms with Crippen molar-refractivity contribution >= 4 is 5.91 Å². The number of hydrogen-bond acceptors (Lipinski definition) is 4. The summed E-state index contributed by atoms with van der Waals surface area (Å²) in [5.74, 6) is 2.08. The molecule has 1 aliphatic rings. The van der Waals surface area contributed by atoms with Gasteiger partial charge in [0.15, 0.2) is 18.1 Å². The van der Waals surface area contributed by atoms with Crippen LogP contribution in [0.1, 0.15) is 24.4 Å². The molecule has 5 heteroatoms. The number of rotatable bonds is 6. The molecule has 2 aromatic carbocycles. The molecule has 1 amide bonds. The number of amides is 1. The van der Waals surface area contributed by atoms with Crippen LogP contribution < -0.4 is 14.2 Å². The Labute approximate surface area is 148 Å². The Morgan fingerprint density at radius 3 is 2.56 bits per heavy atom. The normalized spacial score (nSPS) is 16.6. The van der Waals surface area contributed by atoms with E-state index in [0.717, 1.165) is 24.9 Å². The van der Waals surface area contributed by atoms with Crippen molar-refractivity contribution in [2.24, 2.45) is 0 Å². The van der Waals surface area contributed by atoms with Gasteiger partial charge >= 0.3 is 0 Å². The average molecular weight is 341 g/mol. The van der Waals surface area contributed by atoms with Crippen LogP contribution in [0.15, 0.2) is 48.5 Å². The van der Waals surface area contributed by atoms with Gasteiger partial charge in [0.2, 0.25) is 0 Å². The molecule has 0 aromatic heterocycles. The van der Waals surface area contributed by atoms with E-state index in [0.29, 0.717) is 17.2 Å². The van der Waals surface area contributed by atoms with E-state index < -0.39 is 0 Å². The first-order chi connectivity index (χ1) is 12.2. The molecule has 25 heavy (non-hydrogen) atoms. The van der Waals surface area contributed by atoms with Gasteiger partial charge in [-0.1, -0.05) is 24.3 Å². The summed E-state index contributed by atoms with van der Waals surface area (Å²) in [6.45, 7) is 0.795. The number of carbonyl (C=O) groups is 1. The Morgan fingerprint density at radius 1 is 1.08 bits per heavy atom. The Morgan fingerprint density at radius 2 is 1.84 bits per heavy atom. The maximum absolute atomic E-state index is 12.6. The topological polar surface area (TPSA) is 48.0 Å². The van der Waals surface area contributed by atoms with E-state index in [-0.39, 0.29) is 18.6 Å². The number of hydrogen-bond donors (Lipinski definition) is 0. The molecule has 5 nitrogen and oxygen atoms in total. The average Bonchev–Trinajstić information content (AvgIpc) is 3.16. The second kappa shape index (κ2) is 7.92. The lowest BCUT2D eigenvalue weighted by Gasteiger charge is -2.25. The zero-order valence-corrected chi connectivity index (χ0v) is 14.6. The summed E-state index contributed by atoms with van der Waals surface area (Å²) in [5.41, 5.74) is 1.06. The third-order valence-electron chi connectivity index (χ3n) is 4.47. The summed E-state index contributed by atoms with van der Waals surface area (Å²) in [6.07, 6.45) is 1.92. The fourth-order valence-electron chi connectivity index (χ4n) is 3.22. The third-order valence-corrected chi connectivity index (χ3v) is 4.47. The number of likely N-dealkylation sites (tertiary alicyclic amines) is 1. The van der Waals surface area contributed by atoms with E-state index in [1.165, 1.54) is 0 Å². The van der Waals surface area contributed by atoms with Gasteiger partial charge in [0.1, 0.15) is 5.75 Å². The van der Waals surface area contributed by atoms with E-state index in [1.54, 1.807) is 14.2 Å². The molecule has 1 atom stereocenters. The van der Waals surface area contributed by atoms with Crippen LogP contribution in [0, 0.1) is 0 Å². The van der Waals surface area contributed by atoms with E-state index in [2.05, 4.69) is 0 Å². The molecule has 2 aromatic rings. The summed E-state index contributed by atoms with van der Waals surface area (Å²) in [5, 5.41) is 0. The van der Waals surface area contributed by atoms with Crippen LogP contribution in [0.3, 0.4) is 0 Å². The number of carbonyl (C=O) groups excluding carboxylic acids is 1. The Hall–Kier alpha value is -2.69. The van der Waals surface area contributed by atoms with Gasteiger partial charge in [-0.25, -0.2) is 0 Å². The highest BCUT2D eigenvalue weighted by Gasteiger charge is 2.30. The van der Waals surface area contributed by atoms with Gasteiger partial charge in [-0.05, 0) is 42.7 Å². The van der Waals surface area contributed by atoms with Gasteiger partial charge < -0.3 is 19.1 Å². The smallest absolute Gasteiger partial charge is 0.261 e. The van der Waals surface area contributed by atoms with Crippen molar-refractivity contribution in [1.29, 1.82) is 0 Å². The lowest BCUT2D eigenvalue weighted by molar-refractivity contribution is -0.134. The molecule has 1 aliphatic heterocycles. The monoisotopic (exact) mass is 341 g/mol. The number of nitrogens with zero attached hydrogens (tertiary/aromatic N) is 1. The molecule has 0 aliphatic carbocycles. The molecule has 0 N–H and O–H groups in total. The highest BCUT2D eigenvalue weighted by molar-refractivity contribution is 5.78. The van der Waals surface area contributed by atoms with E-state index in [1.807, 2.05) is 53.4 Å². The quantitative estimate of drug-likeness (QED) is 0.807. The van der Waals surface area contributed by atoms with Crippen LogP contribution in [0.5, 0.6) is 17.2 Å². The van der Waals surface area contributed by atoms with Crippen LogP contribution in [0.2, 0.25) is 0 Å². The number of methoxy groups -OCH3 is 2. The molecule has 0 radical (unpaired) electrons. The minimum absolute atomic E-state index is 0.00105. The van der Waals surface area contributed by atoms with Gasteiger partial charge in [-0.3, -0.25) is 4.79 Å². The number of ether oxygens (including phenoxy) is 3. The van der Waals surface area contributed by atoms with Crippen molar-refractivity contribution in [3.8, 4) is 17.2 Å². The zero-order chi connectivity index (χ0) is 17.6. The summed E-state index contributed by atoms with van der Waals surface area (Å²) in [6, 6.07) is 15.3. The predicted molar refractivity (Wildman–Crippen MR) is 95.2 cm³/mol. The van der Waals surface area contributed by atoms with Crippen LogP contribution in [0.4, 0.5) is 0 Å². The maximum Gasteiger partial charge on any atom is 0.261 e. The summed E-state index contributed by atoms with van der Waals surface area (Å²) in [7, 11) is 3.23. The predicted octanol–water partition coefficient (Wildman–Crippen LogP) is 3.45. The number of benzene rings is 2. The zero-order valence-electron chi connectivity index (χ0n) is 14.6. The van der Waals surface area contributed by atoms with Crippen LogP contribution in [-0.4, -0.2) is 38.2 Å². The molecule has 0 spiro atoms. The lowest BCUT2D eigenvalue weighted by Crippen LogP contribution is -2.34. The molecule has 1 saturated heterocycles. The second-order valence-corrected chi connectivity index (χ2v) is 5.96. The lowest BCUT2D eigenvalue weighted by atomic mass is 10.0. The first-order valence-corrected chi connectivity index (χ1v) is 8.42. The Bertz CT molecular complexity index is 717. The molecule has 1 fully saturated rings. The highest BCUT2D eigenvalue weighted by atomic mass is 16.5. The largest absolute Gasteiger partial charge is 0.493 e. The molecule has 0 unspecified atom stereocenters. The fourth-order valence-corrected chi connectivity index (χ4v) is 3.22. The standard InChI is InChI=1S/C20H23NO4/c1-23-18-11-10-15(13-19(18)24-2)17-9-6-12-21(17)20(22)14-25-16-7-4-3-5-8-16/h3-5,7-8,10-11,13,17H,6,9,12,14H2,1-2H3/t17-/m1/s1. The van der Waals surface area contributed by atoms with Crippen molar-refractivity contribution < 1.29 is 19.0 Å². The molecule has 132 valence electrons. The van der Waals surface area contributed by atoms with Crippen molar-refractivity contribution in [3.05, 3.63) is 54.1 Å². The van der Waals surface area contributed by atoms with Gasteiger partial charge in [-0.15, -0.1) is 0 Å². The van der Waals surface area contributed by atoms with E-state index in [4.69, 9.17) is 14.2 Å². The first-order valence-electron chi connectivity index (χ1n) is 8.42. The van der Waals surface area contributed by atoms with Crippen LogP contribution in [-0.2, 0) is 4.79 Å². The minimum Gasteiger partial charge on any atom is -0.493 e. The van der Waals surface area contributed by atoms with Gasteiger partial charge in [0, 0.05) is 6.54 Å². The maximum atomic E-state index is 12.6. The van der Waals surface area contributed by atoms with Crippen molar-refractivity contribution in [1.82, 2.24) is 4.90 Å². The van der Waals surface area contributed by atoms with Gasteiger partial charge in [0.05, 0.1) is 20.3 Å². The van der Waals surface area contributed by atoms with Crippen LogP contribution >= 0.6 is 0 Å². The molecular formula is C20H23NO4. The molecule has 0 bridgehead atoms.